The minimum Gasteiger partial charge on any atom is -0.496 e. The zero-order chi connectivity index (χ0) is 12.8. The predicted octanol–water partition coefficient (Wildman–Crippen LogP) is 2.93. The van der Waals surface area contributed by atoms with Crippen molar-refractivity contribution in [2.75, 3.05) is 13.7 Å². The first-order valence-electron chi connectivity index (χ1n) is 6.13. The average molecular weight is 237 g/mol. The molecule has 0 bridgehead atoms. The molecular weight excluding hydrogens is 214 g/mol. The molecule has 0 fully saturated rings. The standard InChI is InChI=1S/C14H23NO2/c1-10(2)17-13-7-5-6-12(16-4)14(13)11(3)8-9-15/h5-7,10-11H,8-9,15H2,1-4H3. The molecule has 0 aliphatic carbocycles. The third-order valence-electron chi connectivity index (χ3n) is 2.70. The highest BCUT2D eigenvalue weighted by Crippen LogP contribution is 2.36. The van der Waals surface area contributed by atoms with Gasteiger partial charge in [0.1, 0.15) is 11.5 Å². The molecule has 0 saturated heterocycles. The largest absolute Gasteiger partial charge is 0.496 e. The van der Waals surface area contributed by atoms with Crippen molar-refractivity contribution in [2.45, 2.75) is 39.2 Å². The summed E-state index contributed by atoms with van der Waals surface area (Å²) in [5.41, 5.74) is 6.75. The predicted molar refractivity (Wildman–Crippen MR) is 70.8 cm³/mol. The molecule has 2 N–H and O–H groups in total. The number of hydrogen-bond acceptors (Lipinski definition) is 3. The van der Waals surface area contributed by atoms with Crippen LogP contribution in [0.25, 0.3) is 0 Å². The van der Waals surface area contributed by atoms with Gasteiger partial charge in [0.2, 0.25) is 0 Å². The maximum atomic E-state index is 5.83. The van der Waals surface area contributed by atoms with Gasteiger partial charge in [-0.25, -0.2) is 0 Å². The molecule has 96 valence electrons. The fourth-order valence-corrected chi connectivity index (χ4v) is 1.94. The van der Waals surface area contributed by atoms with E-state index >= 15 is 0 Å². The van der Waals surface area contributed by atoms with Crippen molar-refractivity contribution in [3.8, 4) is 11.5 Å². The van der Waals surface area contributed by atoms with Crippen molar-refractivity contribution in [1.82, 2.24) is 0 Å². The Kier molecular flexibility index (Phi) is 5.29. The third-order valence-corrected chi connectivity index (χ3v) is 2.70. The Balaban J connectivity index is 3.10. The second kappa shape index (κ2) is 6.50. The lowest BCUT2D eigenvalue weighted by molar-refractivity contribution is 0.237. The molecule has 3 heteroatoms. The van der Waals surface area contributed by atoms with Crippen LogP contribution in [0.5, 0.6) is 11.5 Å². The Labute approximate surface area is 104 Å². The molecule has 0 saturated carbocycles. The van der Waals surface area contributed by atoms with Gasteiger partial charge in [-0.15, -0.1) is 0 Å². The number of hydrogen-bond donors (Lipinski definition) is 1. The monoisotopic (exact) mass is 237 g/mol. The average Bonchev–Trinajstić information content (AvgIpc) is 2.28. The van der Waals surface area contributed by atoms with Crippen LogP contribution in [0.15, 0.2) is 18.2 Å². The van der Waals surface area contributed by atoms with Crippen LogP contribution in [0, 0.1) is 0 Å². The summed E-state index contributed by atoms with van der Waals surface area (Å²) in [5, 5.41) is 0. The lowest BCUT2D eigenvalue weighted by atomic mass is 9.95. The van der Waals surface area contributed by atoms with E-state index in [0.29, 0.717) is 12.5 Å². The van der Waals surface area contributed by atoms with Crippen LogP contribution < -0.4 is 15.2 Å². The Morgan fingerprint density at radius 1 is 1.18 bits per heavy atom. The minimum absolute atomic E-state index is 0.158. The Bertz CT molecular complexity index is 350. The van der Waals surface area contributed by atoms with Crippen molar-refractivity contribution >= 4 is 0 Å². The number of ether oxygens (including phenoxy) is 2. The molecule has 0 spiro atoms. The van der Waals surface area contributed by atoms with Crippen LogP contribution in [-0.2, 0) is 0 Å². The fraction of sp³-hybridized carbons (Fsp3) is 0.571. The Morgan fingerprint density at radius 2 is 1.82 bits per heavy atom. The highest BCUT2D eigenvalue weighted by atomic mass is 16.5. The molecule has 17 heavy (non-hydrogen) atoms. The van der Waals surface area contributed by atoms with Gasteiger partial charge in [0, 0.05) is 5.56 Å². The summed E-state index contributed by atoms with van der Waals surface area (Å²) in [5.74, 6) is 2.12. The molecule has 0 amide bonds. The molecule has 0 aliphatic heterocycles. The van der Waals surface area contributed by atoms with E-state index in [1.165, 1.54) is 0 Å². The summed E-state index contributed by atoms with van der Waals surface area (Å²) < 4.78 is 11.2. The van der Waals surface area contributed by atoms with Gasteiger partial charge >= 0.3 is 0 Å². The van der Waals surface area contributed by atoms with Gasteiger partial charge in [-0.1, -0.05) is 13.0 Å². The van der Waals surface area contributed by atoms with Crippen molar-refractivity contribution in [3.05, 3.63) is 23.8 Å². The van der Waals surface area contributed by atoms with Crippen molar-refractivity contribution in [3.63, 3.8) is 0 Å². The van der Waals surface area contributed by atoms with Gasteiger partial charge in [-0.05, 0) is 44.9 Å². The summed E-state index contributed by atoms with van der Waals surface area (Å²) in [4.78, 5) is 0. The Hall–Kier alpha value is -1.22. The molecule has 1 aromatic carbocycles. The summed E-state index contributed by atoms with van der Waals surface area (Å²) in [6.07, 6.45) is 1.08. The summed E-state index contributed by atoms with van der Waals surface area (Å²) in [6, 6.07) is 5.91. The number of benzene rings is 1. The molecular formula is C14H23NO2. The van der Waals surface area contributed by atoms with Crippen LogP contribution in [0.2, 0.25) is 0 Å². The SMILES string of the molecule is COc1cccc(OC(C)C)c1C(C)CCN. The minimum atomic E-state index is 0.158. The van der Waals surface area contributed by atoms with Gasteiger partial charge in [-0.2, -0.15) is 0 Å². The van der Waals surface area contributed by atoms with Crippen LogP contribution >= 0.6 is 0 Å². The van der Waals surface area contributed by atoms with Crippen molar-refractivity contribution < 1.29 is 9.47 Å². The number of rotatable bonds is 6. The van der Waals surface area contributed by atoms with Crippen LogP contribution in [-0.4, -0.2) is 19.8 Å². The van der Waals surface area contributed by atoms with Crippen LogP contribution in [0.3, 0.4) is 0 Å². The van der Waals surface area contributed by atoms with Gasteiger partial charge in [0.15, 0.2) is 0 Å². The summed E-state index contributed by atoms with van der Waals surface area (Å²) >= 11 is 0. The second-order valence-corrected chi connectivity index (χ2v) is 4.52. The molecule has 0 heterocycles. The van der Waals surface area contributed by atoms with Gasteiger partial charge in [-0.3, -0.25) is 0 Å². The molecule has 1 aromatic rings. The summed E-state index contributed by atoms with van der Waals surface area (Å²) in [7, 11) is 1.69. The summed E-state index contributed by atoms with van der Waals surface area (Å²) in [6.45, 7) is 6.87. The fourth-order valence-electron chi connectivity index (χ4n) is 1.94. The number of methoxy groups -OCH3 is 1. The first-order valence-corrected chi connectivity index (χ1v) is 6.13. The van der Waals surface area contributed by atoms with Crippen molar-refractivity contribution in [1.29, 1.82) is 0 Å². The van der Waals surface area contributed by atoms with E-state index in [1.807, 2.05) is 32.0 Å². The van der Waals surface area contributed by atoms with E-state index in [1.54, 1.807) is 7.11 Å². The molecule has 1 rings (SSSR count). The van der Waals surface area contributed by atoms with Crippen LogP contribution in [0.4, 0.5) is 0 Å². The van der Waals surface area contributed by atoms with E-state index in [2.05, 4.69) is 6.92 Å². The lowest BCUT2D eigenvalue weighted by Gasteiger charge is -2.21. The maximum absolute atomic E-state index is 5.83. The lowest BCUT2D eigenvalue weighted by Crippen LogP contribution is -2.11. The van der Waals surface area contributed by atoms with Gasteiger partial charge < -0.3 is 15.2 Å². The molecule has 1 atom stereocenters. The molecule has 0 radical (unpaired) electrons. The van der Waals surface area contributed by atoms with E-state index in [-0.39, 0.29) is 6.10 Å². The second-order valence-electron chi connectivity index (χ2n) is 4.52. The maximum Gasteiger partial charge on any atom is 0.126 e. The first kappa shape index (κ1) is 13.8. The third kappa shape index (κ3) is 3.63. The Morgan fingerprint density at radius 3 is 2.35 bits per heavy atom. The topological polar surface area (TPSA) is 44.5 Å². The van der Waals surface area contributed by atoms with Gasteiger partial charge in [0.05, 0.1) is 13.2 Å². The van der Waals surface area contributed by atoms with Crippen molar-refractivity contribution in [2.24, 2.45) is 5.73 Å². The van der Waals surface area contributed by atoms with E-state index in [0.717, 1.165) is 23.5 Å². The highest BCUT2D eigenvalue weighted by molar-refractivity contribution is 5.47. The normalized spacial score (nSPS) is 12.6. The molecule has 0 aromatic heterocycles. The first-order chi connectivity index (χ1) is 8.10. The van der Waals surface area contributed by atoms with E-state index in [4.69, 9.17) is 15.2 Å². The molecule has 3 nitrogen and oxygen atoms in total. The quantitative estimate of drug-likeness (QED) is 0.827. The zero-order valence-corrected chi connectivity index (χ0v) is 11.2. The zero-order valence-electron chi connectivity index (χ0n) is 11.2. The molecule has 1 unspecified atom stereocenters. The van der Waals surface area contributed by atoms with Gasteiger partial charge in [0.25, 0.3) is 0 Å². The smallest absolute Gasteiger partial charge is 0.126 e. The van der Waals surface area contributed by atoms with E-state index in [9.17, 15) is 0 Å². The highest BCUT2D eigenvalue weighted by Gasteiger charge is 2.17. The van der Waals surface area contributed by atoms with Crippen LogP contribution in [0.1, 0.15) is 38.7 Å². The number of nitrogens with two attached hydrogens (primary N) is 1. The molecule has 0 aliphatic rings. The van der Waals surface area contributed by atoms with E-state index < -0.39 is 0 Å².